The Morgan fingerprint density at radius 3 is 2.50 bits per heavy atom. The predicted molar refractivity (Wildman–Crippen MR) is 176 cm³/mol. The number of nitrogens with zero attached hydrogens (tertiary/aromatic N) is 2. The largest absolute Gasteiger partial charge is 0.511 e. The summed E-state index contributed by atoms with van der Waals surface area (Å²) in [5.74, 6) is -2.31. The van der Waals surface area contributed by atoms with E-state index in [1.54, 1.807) is 17.0 Å². The lowest BCUT2D eigenvalue weighted by Crippen LogP contribution is -2.53. The van der Waals surface area contributed by atoms with Crippen LogP contribution in [0.25, 0.3) is 0 Å². The number of carbonyl (C=O) groups is 2. The predicted octanol–water partition coefficient (Wildman–Crippen LogP) is 2.51. The summed E-state index contributed by atoms with van der Waals surface area (Å²) in [4.78, 5) is 25.4. The van der Waals surface area contributed by atoms with Gasteiger partial charge < -0.3 is 31.9 Å². The molecule has 6 rings (SSSR count). The Kier molecular flexibility index (Phi) is 10.1. The number of hydrogen-bond donors (Lipinski definition) is 6. The van der Waals surface area contributed by atoms with E-state index < -0.39 is 43.8 Å². The normalized spacial score (nSPS) is 24.5. The van der Waals surface area contributed by atoms with E-state index in [-0.39, 0.29) is 63.8 Å². The third kappa shape index (κ3) is 7.48. The Labute approximate surface area is 278 Å². The second-order valence-corrected chi connectivity index (χ2v) is 15.8. The molecule has 0 radical (unpaired) electrons. The average Bonchev–Trinajstić information content (AvgIpc) is 3.63. The number of hydrogen-bond acceptors (Lipinski definition) is 10. The van der Waals surface area contributed by atoms with Gasteiger partial charge in [-0.3, -0.25) is 14.3 Å². The molecule has 2 aliphatic heterocycles. The number of unbranched alkanes of at least 4 members (excludes halogenated alkanes) is 1. The number of aliphatic hydroxyl groups excluding tert-OH is 1. The van der Waals surface area contributed by atoms with Gasteiger partial charge >= 0.3 is 5.97 Å². The summed E-state index contributed by atoms with van der Waals surface area (Å²) in [6.45, 7) is 0.782. The molecule has 0 aromatic heterocycles. The van der Waals surface area contributed by atoms with Crippen molar-refractivity contribution >= 4 is 49.1 Å². The minimum atomic E-state index is -4.35. The van der Waals surface area contributed by atoms with Crippen molar-refractivity contribution in [2.45, 2.75) is 62.0 Å². The molecule has 0 spiro atoms. The highest BCUT2D eigenvalue weighted by atomic mass is 32.2. The molecular formula is C31H39FN6O8S2. The van der Waals surface area contributed by atoms with Crippen LogP contribution in [0.1, 0.15) is 44.1 Å². The molecular weight excluding hydrogens is 668 g/mol. The number of aliphatic hydroxyl groups is 1. The second-order valence-electron chi connectivity index (χ2n) is 12.5. The van der Waals surface area contributed by atoms with Crippen molar-refractivity contribution in [2.24, 2.45) is 33.6 Å². The minimum absolute atomic E-state index is 0.0429. The van der Waals surface area contributed by atoms with Crippen molar-refractivity contribution in [3.63, 3.8) is 0 Å². The van der Waals surface area contributed by atoms with E-state index in [0.717, 1.165) is 44.4 Å². The molecule has 2 bridgehead atoms. The lowest BCUT2D eigenvalue weighted by molar-refractivity contribution is -0.138. The maximum atomic E-state index is 13.9. The van der Waals surface area contributed by atoms with E-state index in [1.807, 2.05) is 0 Å². The van der Waals surface area contributed by atoms with Gasteiger partial charge in [0.05, 0.1) is 11.9 Å². The van der Waals surface area contributed by atoms with Crippen LogP contribution < -0.4 is 21.5 Å². The number of rotatable bonds is 10. The molecule has 17 heteroatoms. The molecule has 48 heavy (non-hydrogen) atoms. The first kappa shape index (κ1) is 35.3. The molecule has 5 atom stereocenters. The minimum Gasteiger partial charge on any atom is -0.511 e. The Bertz CT molecular complexity index is 1870. The lowest BCUT2D eigenvalue weighted by Gasteiger charge is -2.44. The number of anilines is 2. The molecule has 3 unspecified atom stereocenters. The third-order valence-electron chi connectivity index (χ3n) is 9.10. The first-order chi connectivity index (χ1) is 22.6. The van der Waals surface area contributed by atoms with Crippen molar-refractivity contribution in [3.8, 4) is 0 Å². The Morgan fingerprint density at radius 1 is 1.17 bits per heavy atom. The number of fused-ring (bicyclic) bond motifs is 6. The third-order valence-corrected chi connectivity index (χ3v) is 11.0. The van der Waals surface area contributed by atoms with E-state index in [9.17, 15) is 35.9 Å². The molecule has 4 aliphatic rings. The number of nitrogens with one attached hydrogen (secondary N) is 2. The Morgan fingerprint density at radius 2 is 1.85 bits per heavy atom. The molecule has 14 nitrogen and oxygen atoms in total. The molecule has 1 amide bonds. The molecule has 2 aromatic carbocycles. The summed E-state index contributed by atoms with van der Waals surface area (Å²) < 4.78 is 69.0. The van der Waals surface area contributed by atoms with Crippen LogP contribution in [-0.4, -0.2) is 74.5 Å². The van der Waals surface area contributed by atoms with E-state index in [2.05, 4.69) is 14.4 Å². The van der Waals surface area contributed by atoms with Crippen molar-refractivity contribution in [1.29, 1.82) is 0 Å². The monoisotopic (exact) mass is 706 g/mol. The fourth-order valence-corrected chi connectivity index (χ4v) is 8.72. The Balaban J connectivity index is 0.000000393. The standard InChI is InChI=1S/C25H25FN4O6S2.C6H14N2O2/c1-37(33,34)28-17-8-9-18-19(11-17)38(35,36)29-24(27-18)21-23(31)20-14-4-5-15(10-14)22(20)30(25(21)32)12-13-2-6-16(26)7-3-13;7-4-2-1-3-5(8)6(9)10/h2-3,6-9,11,14-15,20,22,28,31H,4-5,10,12H2,1H3,(H,27,29);5H,1-4,7-8H2,(H,9,10)/t14-,15+,20?,22?;/m0./s1. The second kappa shape index (κ2) is 13.8. The number of carbonyl (C=O) groups excluding carboxylic acids is 1. The number of halogens is 1. The van der Waals surface area contributed by atoms with Gasteiger partial charge in [0.2, 0.25) is 10.0 Å². The zero-order valence-corrected chi connectivity index (χ0v) is 27.8. The number of carboxylic acid groups (broad SMARTS) is 1. The highest BCUT2D eigenvalue weighted by molar-refractivity contribution is 7.92. The summed E-state index contributed by atoms with van der Waals surface area (Å²) in [5, 5.41) is 22.6. The lowest BCUT2D eigenvalue weighted by atomic mass is 9.77. The molecule has 0 saturated heterocycles. The first-order valence-corrected chi connectivity index (χ1v) is 18.8. The van der Waals surface area contributed by atoms with Crippen LogP contribution in [0.5, 0.6) is 0 Å². The van der Waals surface area contributed by atoms with Gasteiger partial charge in [0.25, 0.3) is 15.9 Å². The van der Waals surface area contributed by atoms with Gasteiger partial charge in [-0.15, -0.1) is 4.40 Å². The number of nitrogens with two attached hydrogens (primary N) is 2. The zero-order chi connectivity index (χ0) is 35.0. The van der Waals surface area contributed by atoms with Crippen molar-refractivity contribution in [3.05, 3.63) is 65.2 Å². The van der Waals surface area contributed by atoms with E-state index >= 15 is 0 Å². The number of amidine groups is 1. The molecule has 2 aromatic rings. The van der Waals surface area contributed by atoms with Crippen LogP contribution in [0.3, 0.4) is 0 Å². The van der Waals surface area contributed by atoms with Crippen molar-refractivity contribution < 1.29 is 41.0 Å². The van der Waals surface area contributed by atoms with Crippen molar-refractivity contribution in [2.75, 3.05) is 22.8 Å². The number of sulfonamides is 2. The molecule has 2 fully saturated rings. The number of benzene rings is 2. The van der Waals surface area contributed by atoms with Gasteiger partial charge in [0.1, 0.15) is 28.1 Å². The summed E-state index contributed by atoms with van der Waals surface area (Å²) in [5.41, 5.74) is 11.1. The van der Waals surface area contributed by atoms with Gasteiger partial charge in [-0.25, -0.2) is 12.8 Å². The van der Waals surface area contributed by atoms with Crippen LogP contribution in [0.15, 0.2) is 63.1 Å². The highest BCUT2D eigenvalue weighted by Crippen LogP contribution is 2.55. The first-order valence-electron chi connectivity index (χ1n) is 15.5. The molecule has 260 valence electrons. The van der Waals surface area contributed by atoms with Crippen LogP contribution in [0.2, 0.25) is 0 Å². The molecule has 2 heterocycles. The highest BCUT2D eigenvalue weighted by Gasteiger charge is 2.57. The molecule has 2 saturated carbocycles. The summed E-state index contributed by atoms with van der Waals surface area (Å²) >= 11 is 0. The van der Waals surface area contributed by atoms with E-state index in [1.165, 1.54) is 24.3 Å². The number of carboxylic acids is 1. The topological polar surface area (TPSA) is 235 Å². The fourth-order valence-electron chi connectivity index (χ4n) is 7.01. The fraction of sp³-hybridized carbons (Fsp3) is 0.452. The van der Waals surface area contributed by atoms with Gasteiger partial charge in [0, 0.05) is 24.2 Å². The van der Waals surface area contributed by atoms with Crippen LogP contribution in [0, 0.1) is 23.6 Å². The Hall–Kier alpha value is -4.06. The quantitative estimate of drug-likeness (QED) is 0.196. The van der Waals surface area contributed by atoms with Gasteiger partial charge in [-0.05, 0) is 86.4 Å². The van der Waals surface area contributed by atoms with Crippen LogP contribution in [0.4, 0.5) is 15.8 Å². The number of amides is 1. The summed E-state index contributed by atoms with van der Waals surface area (Å²) in [7, 11) is -7.99. The van der Waals surface area contributed by atoms with Gasteiger partial charge in [-0.2, -0.15) is 8.42 Å². The SMILES string of the molecule is CS(=O)(=O)Nc1ccc2c(c1)S(=O)(=O)N=C(C1=C(O)C3C([C@@H]4CC[C@H]3C4)N(Cc3ccc(F)cc3)C1=O)N2.NCCCCC(N)C(=O)O. The van der Waals surface area contributed by atoms with E-state index in [0.29, 0.717) is 18.5 Å². The average molecular weight is 707 g/mol. The smallest absolute Gasteiger partial charge is 0.320 e. The summed E-state index contributed by atoms with van der Waals surface area (Å²) in [6.07, 6.45) is 5.81. The van der Waals surface area contributed by atoms with Crippen LogP contribution in [-0.2, 0) is 36.2 Å². The molecule has 8 N–H and O–H groups in total. The van der Waals surface area contributed by atoms with Gasteiger partial charge in [-0.1, -0.05) is 18.6 Å². The maximum Gasteiger partial charge on any atom is 0.320 e. The zero-order valence-electron chi connectivity index (χ0n) is 26.2. The van der Waals surface area contributed by atoms with E-state index in [4.69, 9.17) is 16.6 Å². The van der Waals surface area contributed by atoms with Crippen LogP contribution >= 0.6 is 0 Å². The van der Waals surface area contributed by atoms with Gasteiger partial charge in [0.15, 0.2) is 5.84 Å². The molecule has 2 aliphatic carbocycles. The maximum absolute atomic E-state index is 13.9. The number of aliphatic carboxylic acids is 1. The van der Waals surface area contributed by atoms with Crippen molar-refractivity contribution in [1.82, 2.24) is 4.90 Å². The summed E-state index contributed by atoms with van der Waals surface area (Å²) in [6, 6.07) is 8.77.